The summed E-state index contributed by atoms with van der Waals surface area (Å²) in [7, 11) is 0. The summed E-state index contributed by atoms with van der Waals surface area (Å²) in [6, 6.07) is 7.94. The van der Waals surface area contributed by atoms with Crippen LogP contribution in [0.1, 0.15) is 19.7 Å². The Morgan fingerprint density at radius 3 is 2.75 bits per heavy atom. The molecule has 0 unspecified atom stereocenters. The molecular formula is C14H14N2. The van der Waals surface area contributed by atoms with Gasteiger partial charge in [0.25, 0.3) is 0 Å². The Balaban J connectivity index is 2.47. The van der Waals surface area contributed by atoms with E-state index in [0.29, 0.717) is 5.82 Å². The summed E-state index contributed by atoms with van der Waals surface area (Å²) in [4.78, 5) is 8.78. The summed E-state index contributed by atoms with van der Waals surface area (Å²) >= 11 is 0. The van der Waals surface area contributed by atoms with E-state index in [-0.39, 0.29) is 0 Å². The summed E-state index contributed by atoms with van der Waals surface area (Å²) in [5, 5.41) is 1.05. The molecule has 0 atom stereocenters. The summed E-state index contributed by atoms with van der Waals surface area (Å²) in [6.07, 6.45) is 3.83. The first-order valence-corrected chi connectivity index (χ1v) is 5.23. The highest BCUT2D eigenvalue weighted by Gasteiger charge is 2.01. The molecule has 2 aromatic rings. The lowest BCUT2D eigenvalue weighted by molar-refractivity contribution is 1.17. The number of hydrogen-bond acceptors (Lipinski definition) is 2. The smallest absolute Gasteiger partial charge is 0.159 e. The zero-order chi connectivity index (χ0) is 11.5. The van der Waals surface area contributed by atoms with Crippen LogP contribution in [0.4, 0.5) is 0 Å². The monoisotopic (exact) mass is 210 g/mol. The van der Waals surface area contributed by atoms with Crippen molar-refractivity contribution in [1.82, 2.24) is 9.97 Å². The van der Waals surface area contributed by atoms with Crippen molar-refractivity contribution in [3.8, 4) is 0 Å². The lowest BCUT2D eigenvalue weighted by Gasteiger charge is -2.02. The highest BCUT2D eigenvalue weighted by Crippen LogP contribution is 2.15. The average Bonchev–Trinajstić information content (AvgIpc) is 2.27. The van der Waals surface area contributed by atoms with E-state index in [4.69, 9.17) is 0 Å². The van der Waals surface area contributed by atoms with E-state index in [2.05, 4.69) is 16.5 Å². The summed E-state index contributed by atoms with van der Waals surface area (Å²) in [6.45, 7) is 8.04. The van der Waals surface area contributed by atoms with E-state index in [1.807, 2.05) is 50.4 Å². The van der Waals surface area contributed by atoms with E-state index < -0.39 is 0 Å². The number of nitrogens with zero attached hydrogens (tertiary/aromatic N) is 2. The lowest BCUT2D eigenvalue weighted by Crippen LogP contribution is -1.92. The molecule has 0 radical (unpaired) electrons. The average molecular weight is 210 g/mol. The molecule has 0 saturated heterocycles. The van der Waals surface area contributed by atoms with Crippen LogP contribution in [0.15, 0.2) is 48.7 Å². The molecule has 2 heteroatoms. The lowest BCUT2D eigenvalue weighted by atomic mass is 10.2. The molecule has 0 aliphatic heterocycles. The molecule has 1 aromatic carbocycles. The van der Waals surface area contributed by atoms with Crippen LogP contribution in [0.2, 0.25) is 0 Å². The molecule has 0 aliphatic carbocycles. The fourth-order valence-corrected chi connectivity index (χ4v) is 1.54. The predicted molar refractivity (Wildman–Crippen MR) is 68.0 cm³/mol. The van der Waals surface area contributed by atoms with Gasteiger partial charge in [-0.15, -0.1) is 0 Å². The zero-order valence-corrected chi connectivity index (χ0v) is 9.57. The van der Waals surface area contributed by atoms with Crippen LogP contribution in [-0.2, 0) is 0 Å². The molecule has 1 heterocycles. The number of hydrogen-bond donors (Lipinski definition) is 0. The van der Waals surface area contributed by atoms with Crippen LogP contribution in [0.5, 0.6) is 0 Å². The molecule has 2 nitrogen and oxygen atoms in total. The second kappa shape index (κ2) is 4.27. The molecule has 0 bridgehead atoms. The van der Waals surface area contributed by atoms with E-state index in [1.54, 1.807) is 0 Å². The number of benzene rings is 1. The minimum Gasteiger partial charge on any atom is -0.236 e. The first-order valence-electron chi connectivity index (χ1n) is 5.23. The number of fused-ring (bicyclic) bond motifs is 1. The number of rotatable bonds is 2. The molecule has 0 spiro atoms. The Bertz CT molecular complexity index is 564. The highest BCUT2D eigenvalue weighted by atomic mass is 14.9. The fourth-order valence-electron chi connectivity index (χ4n) is 1.54. The quantitative estimate of drug-likeness (QED) is 0.708. The minimum atomic E-state index is 0.694. The second-order valence-electron chi connectivity index (χ2n) is 4.00. The van der Waals surface area contributed by atoms with Crippen LogP contribution >= 0.6 is 0 Å². The molecule has 1 aromatic heterocycles. The Labute approximate surface area is 95.4 Å². The van der Waals surface area contributed by atoms with E-state index in [1.165, 1.54) is 5.57 Å². The van der Waals surface area contributed by atoms with Crippen molar-refractivity contribution in [2.45, 2.75) is 13.8 Å². The molecule has 2 rings (SSSR count). The highest BCUT2D eigenvalue weighted by molar-refractivity contribution is 5.80. The van der Waals surface area contributed by atoms with E-state index in [0.717, 1.165) is 16.5 Å². The molecule has 0 aliphatic rings. The van der Waals surface area contributed by atoms with Gasteiger partial charge in [0.05, 0.1) is 5.52 Å². The second-order valence-corrected chi connectivity index (χ2v) is 4.00. The summed E-state index contributed by atoms with van der Waals surface area (Å²) in [5.74, 6) is 0.694. The molecule has 80 valence electrons. The van der Waals surface area contributed by atoms with Crippen LogP contribution in [0.25, 0.3) is 16.5 Å². The van der Waals surface area contributed by atoms with Crippen molar-refractivity contribution in [2.24, 2.45) is 0 Å². The zero-order valence-electron chi connectivity index (χ0n) is 9.57. The van der Waals surface area contributed by atoms with Gasteiger partial charge in [-0.1, -0.05) is 36.4 Å². The van der Waals surface area contributed by atoms with Crippen LogP contribution in [0, 0.1) is 0 Å². The van der Waals surface area contributed by atoms with Crippen LogP contribution < -0.4 is 0 Å². The topological polar surface area (TPSA) is 25.8 Å². The van der Waals surface area contributed by atoms with Crippen molar-refractivity contribution in [2.75, 3.05) is 0 Å². The Morgan fingerprint density at radius 2 is 2.00 bits per heavy atom. The molecule has 0 N–H and O–H groups in total. The fraction of sp³-hybridized carbons (Fsp3) is 0.143. The van der Waals surface area contributed by atoms with Crippen LogP contribution in [-0.4, -0.2) is 9.97 Å². The van der Waals surface area contributed by atoms with Gasteiger partial charge in [-0.25, -0.2) is 9.97 Å². The van der Waals surface area contributed by atoms with Crippen LogP contribution in [0.3, 0.4) is 0 Å². The molecule has 0 saturated carbocycles. The number of aromatic nitrogens is 2. The predicted octanol–water partition coefficient (Wildman–Crippen LogP) is 3.61. The maximum absolute atomic E-state index is 4.47. The standard InChI is InChI=1S/C14H14N2/c1-10(2)8-11(3)14-15-9-12-6-4-5-7-13(12)16-14/h4-9H,3H2,1-2H3. The van der Waals surface area contributed by atoms with Gasteiger partial charge in [0.15, 0.2) is 5.82 Å². The van der Waals surface area contributed by atoms with Gasteiger partial charge in [0.2, 0.25) is 0 Å². The van der Waals surface area contributed by atoms with Gasteiger partial charge in [-0.2, -0.15) is 0 Å². The van der Waals surface area contributed by atoms with Gasteiger partial charge in [0, 0.05) is 17.2 Å². The third-order valence-corrected chi connectivity index (χ3v) is 2.24. The Hall–Kier alpha value is -1.96. The largest absolute Gasteiger partial charge is 0.236 e. The van der Waals surface area contributed by atoms with Crippen molar-refractivity contribution in [3.05, 3.63) is 54.5 Å². The van der Waals surface area contributed by atoms with Gasteiger partial charge in [0.1, 0.15) is 0 Å². The normalized spacial score (nSPS) is 10.1. The Morgan fingerprint density at radius 1 is 1.25 bits per heavy atom. The van der Waals surface area contributed by atoms with Crippen molar-refractivity contribution in [1.29, 1.82) is 0 Å². The van der Waals surface area contributed by atoms with E-state index in [9.17, 15) is 0 Å². The molecule has 0 fully saturated rings. The van der Waals surface area contributed by atoms with Crippen molar-refractivity contribution in [3.63, 3.8) is 0 Å². The van der Waals surface area contributed by atoms with Gasteiger partial charge < -0.3 is 0 Å². The summed E-state index contributed by atoms with van der Waals surface area (Å²) in [5.41, 5.74) is 3.00. The van der Waals surface area contributed by atoms with Gasteiger partial charge in [-0.05, 0) is 19.9 Å². The van der Waals surface area contributed by atoms with Gasteiger partial charge in [-0.3, -0.25) is 0 Å². The number of allylic oxidation sites excluding steroid dienone is 3. The van der Waals surface area contributed by atoms with Crippen molar-refractivity contribution < 1.29 is 0 Å². The maximum atomic E-state index is 4.47. The summed E-state index contributed by atoms with van der Waals surface area (Å²) < 4.78 is 0. The third-order valence-electron chi connectivity index (χ3n) is 2.24. The number of para-hydroxylation sites is 1. The SMILES string of the molecule is C=C(C=C(C)C)c1ncc2ccccc2n1. The van der Waals surface area contributed by atoms with E-state index >= 15 is 0 Å². The molecular weight excluding hydrogens is 196 g/mol. The van der Waals surface area contributed by atoms with Gasteiger partial charge >= 0.3 is 0 Å². The third kappa shape index (κ3) is 2.16. The molecule has 16 heavy (non-hydrogen) atoms. The maximum Gasteiger partial charge on any atom is 0.159 e. The minimum absolute atomic E-state index is 0.694. The molecule has 0 amide bonds. The van der Waals surface area contributed by atoms with Crippen molar-refractivity contribution >= 4 is 16.5 Å². The first kappa shape index (κ1) is 10.6. The first-order chi connectivity index (χ1) is 7.66. The Kier molecular flexibility index (Phi) is 2.82.